The number of methoxy groups -OCH3 is 1. The molecule has 132 valence electrons. The zero-order valence-electron chi connectivity index (χ0n) is 14.7. The van der Waals surface area contributed by atoms with Crippen LogP contribution >= 0.6 is 11.6 Å². The summed E-state index contributed by atoms with van der Waals surface area (Å²) in [6.07, 6.45) is 0. The Kier molecular flexibility index (Phi) is 5.61. The summed E-state index contributed by atoms with van der Waals surface area (Å²) in [6.45, 7) is 6.11. The number of carbonyl (C=O) groups excluding carboxylic acids is 1. The van der Waals surface area contributed by atoms with Gasteiger partial charge in [0.25, 0.3) is 5.91 Å². The number of benzene rings is 2. The highest BCUT2D eigenvalue weighted by Gasteiger charge is 2.23. The number of hydrogen-bond acceptors (Lipinski definition) is 3. The topological polar surface area (TPSA) is 32.8 Å². The van der Waals surface area contributed by atoms with Crippen molar-refractivity contribution in [2.45, 2.75) is 13.5 Å². The van der Waals surface area contributed by atoms with Gasteiger partial charge in [0.1, 0.15) is 5.75 Å². The second kappa shape index (κ2) is 7.89. The second-order valence-electron chi connectivity index (χ2n) is 6.35. The second-order valence-corrected chi connectivity index (χ2v) is 6.76. The highest BCUT2D eigenvalue weighted by molar-refractivity contribution is 6.33. The molecule has 0 N–H and O–H groups in total. The van der Waals surface area contributed by atoms with Crippen LogP contribution in [0, 0.1) is 6.92 Å². The van der Waals surface area contributed by atoms with E-state index in [4.69, 9.17) is 16.3 Å². The molecular weight excluding hydrogens is 336 g/mol. The number of halogens is 1. The Balaban J connectivity index is 1.58. The molecule has 25 heavy (non-hydrogen) atoms. The lowest BCUT2D eigenvalue weighted by Crippen LogP contribution is -2.48. The molecule has 3 rings (SSSR count). The maximum absolute atomic E-state index is 12.6. The molecule has 1 amide bonds. The number of aryl methyl sites for hydroxylation is 1. The summed E-state index contributed by atoms with van der Waals surface area (Å²) in [4.78, 5) is 16.9. The van der Waals surface area contributed by atoms with Crippen LogP contribution in [-0.2, 0) is 6.54 Å². The average molecular weight is 359 g/mol. The van der Waals surface area contributed by atoms with Gasteiger partial charge in [0, 0.05) is 32.7 Å². The van der Waals surface area contributed by atoms with Crippen molar-refractivity contribution in [3.63, 3.8) is 0 Å². The minimum absolute atomic E-state index is 0.0190. The largest absolute Gasteiger partial charge is 0.496 e. The fourth-order valence-corrected chi connectivity index (χ4v) is 3.43. The zero-order valence-corrected chi connectivity index (χ0v) is 15.4. The first kappa shape index (κ1) is 17.8. The van der Waals surface area contributed by atoms with Crippen molar-refractivity contribution in [3.05, 3.63) is 64.2 Å². The van der Waals surface area contributed by atoms with Crippen molar-refractivity contribution in [1.29, 1.82) is 0 Å². The molecule has 1 saturated heterocycles. The van der Waals surface area contributed by atoms with Gasteiger partial charge >= 0.3 is 0 Å². The molecule has 1 heterocycles. The van der Waals surface area contributed by atoms with Gasteiger partial charge in [0.05, 0.1) is 17.7 Å². The van der Waals surface area contributed by atoms with Crippen LogP contribution in [0.3, 0.4) is 0 Å². The summed E-state index contributed by atoms with van der Waals surface area (Å²) >= 11 is 6.15. The molecule has 1 aliphatic heterocycles. The number of nitrogens with zero attached hydrogens (tertiary/aromatic N) is 2. The molecular formula is C20H23ClN2O2. The number of amides is 1. The third-order valence-electron chi connectivity index (χ3n) is 4.63. The molecule has 0 spiro atoms. The van der Waals surface area contributed by atoms with Crippen molar-refractivity contribution < 1.29 is 9.53 Å². The van der Waals surface area contributed by atoms with Gasteiger partial charge < -0.3 is 9.64 Å². The Morgan fingerprint density at radius 2 is 1.84 bits per heavy atom. The molecule has 0 bridgehead atoms. The molecule has 1 fully saturated rings. The van der Waals surface area contributed by atoms with E-state index in [1.54, 1.807) is 19.2 Å². The van der Waals surface area contributed by atoms with E-state index in [1.807, 2.05) is 23.1 Å². The highest BCUT2D eigenvalue weighted by Crippen LogP contribution is 2.21. The van der Waals surface area contributed by atoms with Crippen LogP contribution in [0.5, 0.6) is 5.75 Å². The predicted molar refractivity (Wildman–Crippen MR) is 100 cm³/mol. The summed E-state index contributed by atoms with van der Waals surface area (Å²) in [5, 5.41) is 0.517. The quantitative estimate of drug-likeness (QED) is 0.837. The third-order valence-corrected chi connectivity index (χ3v) is 4.96. The summed E-state index contributed by atoms with van der Waals surface area (Å²) < 4.78 is 5.31. The van der Waals surface area contributed by atoms with Crippen LogP contribution in [0.15, 0.2) is 42.5 Å². The molecule has 4 nitrogen and oxygen atoms in total. The molecule has 0 unspecified atom stereocenters. The van der Waals surface area contributed by atoms with E-state index in [0.717, 1.165) is 44.0 Å². The number of rotatable bonds is 4. The predicted octanol–water partition coefficient (Wildman–Crippen LogP) is 3.62. The fraction of sp³-hybridized carbons (Fsp3) is 0.350. The van der Waals surface area contributed by atoms with Crippen molar-refractivity contribution in [2.24, 2.45) is 0 Å². The minimum Gasteiger partial charge on any atom is -0.496 e. The van der Waals surface area contributed by atoms with Crippen molar-refractivity contribution in [2.75, 3.05) is 33.3 Å². The lowest BCUT2D eigenvalue weighted by Gasteiger charge is -2.35. The molecule has 5 heteroatoms. The first-order chi connectivity index (χ1) is 12.1. The van der Waals surface area contributed by atoms with Gasteiger partial charge in [0.2, 0.25) is 0 Å². The fourth-order valence-electron chi connectivity index (χ4n) is 3.21. The Labute approximate surface area is 154 Å². The Morgan fingerprint density at radius 3 is 2.48 bits per heavy atom. The first-order valence-electron chi connectivity index (χ1n) is 8.48. The lowest BCUT2D eigenvalue weighted by atomic mass is 10.1. The van der Waals surface area contributed by atoms with E-state index in [1.165, 1.54) is 5.56 Å². The molecule has 0 aromatic heterocycles. The summed E-state index contributed by atoms with van der Waals surface area (Å²) in [5.41, 5.74) is 3.00. The van der Waals surface area contributed by atoms with Crippen LogP contribution in [-0.4, -0.2) is 49.0 Å². The molecule has 2 aromatic rings. The first-order valence-corrected chi connectivity index (χ1v) is 8.86. The minimum atomic E-state index is 0.0190. The molecule has 0 aliphatic carbocycles. The summed E-state index contributed by atoms with van der Waals surface area (Å²) in [7, 11) is 1.69. The van der Waals surface area contributed by atoms with Gasteiger partial charge in [-0.3, -0.25) is 9.69 Å². The van der Waals surface area contributed by atoms with Crippen LogP contribution < -0.4 is 4.74 Å². The normalized spacial score (nSPS) is 15.2. The Bertz CT molecular complexity index is 755. The number of carbonyl (C=O) groups is 1. The number of piperazine rings is 1. The lowest BCUT2D eigenvalue weighted by molar-refractivity contribution is 0.0628. The monoisotopic (exact) mass is 358 g/mol. The Morgan fingerprint density at radius 1 is 1.12 bits per heavy atom. The number of hydrogen-bond donors (Lipinski definition) is 0. The third kappa shape index (κ3) is 4.14. The van der Waals surface area contributed by atoms with Crippen molar-refractivity contribution in [3.8, 4) is 5.75 Å². The van der Waals surface area contributed by atoms with Gasteiger partial charge in [0.15, 0.2) is 0 Å². The maximum atomic E-state index is 12.6. The molecule has 1 aliphatic rings. The van der Waals surface area contributed by atoms with E-state index in [2.05, 4.69) is 24.0 Å². The Hall–Kier alpha value is -2.04. The van der Waals surface area contributed by atoms with Crippen LogP contribution in [0.2, 0.25) is 5.02 Å². The smallest absolute Gasteiger partial charge is 0.255 e. The summed E-state index contributed by atoms with van der Waals surface area (Å²) in [6, 6.07) is 13.5. The van der Waals surface area contributed by atoms with E-state index in [9.17, 15) is 4.79 Å². The standard InChI is InChI=1S/C20H23ClN2O2/c1-15-13-16(7-8-19(15)25-2)14-22-9-11-23(12-10-22)20(24)17-5-3-4-6-18(17)21/h3-8,13H,9-12,14H2,1-2H3. The molecule has 2 aromatic carbocycles. The molecule has 0 radical (unpaired) electrons. The molecule has 0 atom stereocenters. The highest BCUT2D eigenvalue weighted by atomic mass is 35.5. The van der Waals surface area contributed by atoms with Crippen molar-refractivity contribution in [1.82, 2.24) is 9.80 Å². The van der Waals surface area contributed by atoms with Gasteiger partial charge in [-0.05, 0) is 36.2 Å². The average Bonchev–Trinajstić information content (AvgIpc) is 2.62. The van der Waals surface area contributed by atoms with Gasteiger partial charge in [-0.15, -0.1) is 0 Å². The number of ether oxygens (including phenoxy) is 1. The SMILES string of the molecule is COc1ccc(CN2CCN(C(=O)c3ccccc3Cl)CC2)cc1C. The van der Waals surface area contributed by atoms with Crippen LogP contribution in [0.25, 0.3) is 0 Å². The van der Waals surface area contributed by atoms with Gasteiger partial charge in [-0.25, -0.2) is 0 Å². The molecule has 0 saturated carbocycles. The van der Waals surface area contributed by atoms with Crippen molar-refractivity contribution >= 4 is 17.5 Å². The zero-order chi connectivity index (χ0) is 17.8. The maximum Gasteiger partial charge on any atom is 0.255 e. The van der Waals surface area contributed by atoms with Gasteiger partial charge in [-0.2, -0.15) is 0 Å². The van der Waals surface area contributed by atoms with E-state index in [0.29, 0.717) is 10.6 Å². The van der Waals surface area contributed by atoms with E-state index < -0.39 is 0 Å². The van der Waals surface area contributed by atoms with E-state index in [-0.39, 0.29) is 5.91 Å². The summed E-state index contributed by atoms with van der Waals surface area (Å²) in [5.74, 6) is 0.935. The van der Waals surface area contributed by atoms with E-state index >= 15 is 0 Å². The van der Waals surface area contributed by atoms with Crippen LogP contribution in [0.4, 0.5) is 0 Å². The van der Waals surface area contributed by atoms with Crippen LogP contribution in [0.1, 0.15) is 21.5 Å². The van der Waals surface area contributed by atoms with Gasteiger partial charge in [-0.1, -0.05) is 35.9 Å².